The molecule has 0 radical (unpaired) electrons. The fourth-order valence-electron chi connectivity index (χ4n) is 0.988. The largest absolute Gasteiger partial charge is 0.258 e. The number of rotatable bonds is 2. The third-order valence-corrected chi connectivity index (χ3v) is 1.99. The summed E-state index contributed by atoms with van der Waals surface area (Å²) in [6.45, 7) is 5.92. The topological polar surface area (TPSA) is 12.4 Å². The number of aliphatic imine (C=N–C) groups is 1. The van der Waals surface area contributed by atoms with Crippen molar-refractivity contribution in [3.05, 3.63) is 29.6 Å². The minimum atomic E-state index is -0.228. The van der Waals surface area contributed by atoms with Crippen molar-refractivity contribution in [1.82, 2.24) is 0 Å². The lowest BCUT2D eigenvalue weighted by Crippen LogP contribution is -1.87. The summed E-state index contributed by atoms with van der Waals surface area (Å²) in [5, 5.41) is 0. The number of hydrogen-bond donors (Lipinski definition) is 0. The van der Waals surface area contributed by atoms with Crippen molar-refractivity contribution in [2.24, 2.45) is 4.99 Å². The SMILES string of the molecule is CC/C(C)=N\c1cc(F)ccc1C. The average Bonchev–Trinajstić information content (AvgIpc) is 2.11. The summed E-state index contributed by atoms with van der Waals surface area (Å²) in [5.41, 5.74) is 2.77. The molecule has 0 aromatic heterocycles. The lowest BCUT2D eigenvalue weighted by molar-refractivity contribution is 0.628. The molecular weight excluding hydrogens is 165 g/mol. The fourth-order valence-corrected chi connectivity index (χ4v) is 0.988. The Bertz CT molecular complexity index is 329. The molecule has 0 bridgehead atoms. The van der Waals surface area contributed by atoms with Gasteiger partial charge in [0.25, 0.3) is 0 Å². The van der Waals surface area contributed by atoms with Crippen LogP contribution in [0.1, 0.15) is 25.8 Å². The molecule has 0 aliphatic carbocycles. The number of aryl methyl sites for hydroxylation is 1. The molecule has 1 rings (SSSR count). The number of halogens is 1. The first-order valence-electron chi connectivity index (χ1n) is 4.43. The zero-order chi connectivity index (χ0) is 9.84. The van der Waals surface area contributed by atoms with Crippen molar-refractivity contribution >= 4 is 11.4 Å². The van der Waals surface area contributed by atoms with E-state index in [2.05, 4.69) is 4.99 Å². The molecule has 0 saturated heterocycles. The first-order valence-corrected chi connectivity index (χ1v) is 4.43. The standard InChI is InChI=1S/C11H14FN/c1-4-9(3)13-11-7-10(12)6-5-8(11)2/h5-7H,4H2,1-3H3/b13-9-. The highest BCUT2D eigenvalue weighted by Crippen LogP contribution is 2.19. The van der Waals surface area contributed by atoms with Crippen LogP contribution < -0.4 is 0 Å². The Labute approximate surface area is 78.3 Å². The summed E-state index contributed by atoms with van der Waals surface area (Å²) in [4.78, 5) is 4.31. The van der Waals surface area contributed by atoms with Gasteiger partial charge in [-0.25, -0.2) is 4.39 Å². The van der Waals surface area contributed by atoms with Crippen LogP contribution in [0.15, 0.2) is 23.2 Å². The second-order valence-corrected chi connectivity index (χ2v) is 3.13. The summed E-state index contributed by atoms with van der Waals surface area (Å²) in [5.74, 6) is -0.228. The summed E-state index contributed by atoms with van der Waals surface area (Å²) >= 11 is 0. The van der Waals surface area contributed by atoms with E-state index in [0.29, 0.717) is 0 Å². The van der Waals surface area contributed by atoms with Gasteiger partial charge in [0.2, 0.25) is 0 Å². The van der Waals surface area contributed by atoms with Crippen molar-refractivity contribution in [1.29, 1.82) is 0 Å². The number of hydrogen-bond acceptors (Lipinski definition) is 1. The molecule has 2 heteroatoms. The van der Waals surface area contributed by atoms with E-state index < -0.39 is 0 Å². The molecule has 1 aromatic rings. The smallest absolute Gasteiger partial charge is 0.125 e. The van der Waals surface area contributed by atoms with Crippen molar-refractivity contribution in [2.45, 2.75) is 27.2 Å². The van der Waals surface area contributed by atoms with Gasteiger partial charge in [0.05, 0.1) is 5.69 Å². The van der Waals surface area contributed by atoms with Gasteiger partial charge in [-0.1, -0.05) is 13.0 Å². The van der Waals surface area contributed by atoms with E-state index in [1.54, 1.807) is 6.07 Å². The molecular formula is C11H14FN. The molecule has 0 fully saturated rings. The van der Waals surface area contributed by atoms with Crippen LogP contribution >= 0.6 is 0 Å². The van der Waals surface area contributed by atoms with Crippen LogP contribution in [0.4, 0.5) is 10.1 Å². The second kappa shape index (κ2) is 4.17. The van der Waals surface area contributed by atoms with E-state index in [-0.39, 0.29) is 5.82 Å². The first kappa shape index (κ1) is 9.90. The van der Waals surface area contributed by atoms with Gasteiger partial charge in [0.1, 0.15) is 5.82 Å². The van der Waals surface area contributed by atoms with E-state index in [1.165, 1.54) is 12.1 Å². The van der Waals surface area contributed by atoms with Gasteiger partial charge in [-0.15, -0.1) is 0 Å². The van der Waals surface area contributed by atoms with Crippen LogP contribution in [-0.2, 0) is 0 Å². The van der Waals surface area contributed by atoms with Gasteiger partial charge in [0, 0.05) is 5.71 Å². The third-order valence-electron chi connectivity index (χ3n) is 1.99. The second-order valence-electron chi connectivity index (χ2n) is 3.13. The van der Waals surface area contributed by atoms with Crippen molar-refractivity contribution < 1.29 is 4.39 Å². The third kappa shape index (κ3) is 2.65. The van der Waals surface area contributed by atoms with E-state index in [4.69, 9.17) is 0 Å². The molecule has 70 valence electrons. The molecule has 1 nitrogen and oxygen atoms in total. The van der Waals surface area contributed by atoms with Gasteiger partial charge in [-0.3, -0.25) is 4.99 Å². The van der Waals surface area contributed by atoms with E-state index in [1.807, 2.05) is 20.8 Å². The summed E-state index contributed by atoms with van der Waals surface area (Å²) in [6.07, 6.45) is 0.899. The van der Waals surface area contributed by atoms with Gasteiger partial charge >= 0.3 is 0 Å². The van der Waals surface area contributed by atoms with Gasteiger partial charge < -0.3 is 0 Å². The molecule has 0 atom stereocenters. The van der Waals surface area contributed by atoms with Gasteiger partial charge in [0.15, 0.2) is 0 Å². The summed E-state index contributed by atoms with van der Waals surface area (Å²) in [6, 6.07) is 4.67. The molecule has 0 spiro atoms. The molecule has 0 unspecified atom stereocenters. The fraction of sp³-hybridized carbons (Fsp3) is 0.364. The molecule has 0 saturated carbocycles. The number of benzene rings is 1. The average molecular weight is 179 g/mol. The molecule has 0 aliphatic rings. The summed E-state index contributed by atoms with van der Waals surface area (Å²) < 4.78 is 12.8. The van der Waals surface area contributed by atoms with Crippen LogP contribution in [0.5, 0.6) is 0 Å². The maximum atomic E-state index is 12.8. The highest BCUT2D eigenvalue weighted by atomic mass is 19.1. The Morgan fingerprint density at radius 2 is 2.15 bits per heavy atom. The van der Waals surface area contributed by atoms with Crippen LogP contribution in [-0.4, -0.2) is 5.71 Å². The lowest BCUT2D eigenvalue weighted by atomic mass is 10.2. The van der Waals surface area contributed by atoms with Crippen LogP contribution in [0.25, 0.3) is 0 Å². The minimum Gasteiger partial charge on any atom is -0.258 e. The Balaban J connectivity index is 3.07. The predicted molar refractivity (Wildman–Crippen MR) is 54.2 cm³/mol. The summed E-state index contributed by atoms with van der Waals surface area (Å²) in [7, 11) is 0. The lowest BCUT2D eigenvalue weighted by Gasteiger charge is -2.01. The molecule has 0 N–H and O–H groups in total. The van der Waals surface area contributed by atoms with Crippen molar-refractivity contribution in [2.75, 3.05) is 0 Å². The maximum Gasteiger partial charge on any atom is 0.125 e. The first-order chi connectivity index (χ1) is 6.13. The van der Waals surface area contributed by atoms with E-state index >= 15 is 0 Å². The zero-order valence-corrected chi connectivity index (χ0v) is 8.26. The molecule has 0 aliphatic heterocycles. The zero-order valence-electron chi connectivity index (χ0n) is 8.26. The molecule has 1 aromatic carbocycles. The van der Waals surface area contributed by atoms with Gasteiger partial charge in [-0.2, -0.15) is 0 Å². The molecule has 13 heavy (non-hydrogen) atoms. The highest BCUT2D eigenvalue weighted by molar-refractivity contribution is 5.84. The molecule has 0 heterocycles. The Morgan fingerprint density at radius 3 is 2.77 bits per heavy atom. The molecule has 0 amide bonds. The Morgan fingerprint density at radius 1 is 1.46 bits per heavy atom. The maximum absolute atomic E-state index is 12.8. The van der Waals surface area contributed by atoms with Crippen LogP contribution in [0.2, 0.25) is 0 Å². The van der Waals surface area contributed by atoms with Crippen LogP contribution in [0.3, 0.4) is 0 Å². The van der Waals surface area contributed by atoms with Crippen molar-refractivity contribution in [3.8, 4) is 0 Å². The highest BCUT2D eigenvalue weighted by Gasteiger charge is 1.98. The monoisotopic (exact) mass is 179 g/mol. The normalized spacial score (nSPS) is 11.8. The van der Waals surface area contributed by atoms with Crippen molar-refractivity contribution in [3.63, 3.8) is 0 Å². The Hall–Kier alpha value is -1.18. The van der Waals surface area contributed by atoms with Gasteiger partial charge in [-0.05, 0) is 38.0 Å². The minimum absolute atomic E-state index is 0.228. The number of nitrogens with zero attached hydrogens (tertiary/aromatic N) is 1. The van der Waals surface area contributed by atoms with Crippen LogP contribution in [0, 0.1) is 12.7 Å². The van der Waals surface area contributed by atoms with E-state index in [9.17, 15) is 4.39 Å². The quantitative estimate of drug-likeness (QED) is 0.615. The van der Waals surface area contributed by atoms with E-state index in [0.717, 1.165) is 23.4 Å². The predicted octanol–water partition coefficient (Wildman–Crippen LogP) is 3.64. The Kier molecular flexibility index (Phi) is 3.18.